The molecule has 82 valence electrons. The Morgan fingerprint density at radius 1 is 1.53 bits per heavy atom. The minimum Gasteiger partial charge on any atom is -0.370 e. The standard InChI is InChI=1S/C11H16FN3/c1-3-6-14-11(13)15-9-5-4-8(2)10(12)7-9/h4-5,7H,3,6H2,1-2H3,(H3,13,14,15). The number of anilines is 1. The summed E-state index contributed by atoms with van der Waals surface area (Å²) in [6, 6.07) is 4.88. The number of benzene rings is 1. The summed E-state index contributed by atoms with van der Waals surface area (Å²) in [6.45, 7) is 4.41. The van der Waals surface area contributed by atoms with Crippen LogP contribution in [0.5, 0.6) is 0 Å². The molecule has 4 heteroatoms. The first kappa shape index (κ1) is 11.5. The first-order valence-electron chi connectivity index (χ1n) is 4.96. The summed E-state index contributed by atoms with van der Waals surface area (Å²) in [4.78, 5) is 4.05. The highest BCUT2D eigenvalue weighted by Crippen LogP contribution is 2.12. The molecule has 3 nitrogen and oxygen atoms in total. The number of hydrogen-bond acceptors (Lipinski definition) is 1. The number of hydrogen-bond donors (Lipinski definition) is 2. The number of aliphatic imine (C=N–C) groups is 1. The average Bonchev–Trinajstić information content (AvgIpc) is 2.20. The number of nitrogens with one attached hydrogen (secondary N) is 1. The van der Waals surface area contributed by atoms with Crippen LogP contribution < -0.4 is 11.1 Å². The highest BCUT2D eigenvalue weighted by Gasteiger charge is 1.99. The molecule has 0 saturated carbocycles. The predicted octanol–water partition coefficient (Wildman–Crippen LogP) is 2.27. The van der Waals surface area contributed by atoms with Crippen LogP contribution in [0.4, 0.5) is 10.1 Å². The summed E-state index contributed by atoms with van der Waals surface area (Å²) in [5.74, 6) is 0.0726. The van der Waals surface area contributed by atoms with Crippen LogP contribution in [-0.2, 0) is 0 Å². The molecule has 3 N–H and O–H groups in total. The highest BCUT2D eigenvalue weighted by molar-refractivity contribution is 5.92. The molecule has 0 saturated heterocycles. The molecule has 0 aliphatic carbocycles. The fourth-order valence-corrected chi connectivity index (χ4v) is 1.09. The number of halogens is 1. The van der Waals surface area contributed by atoms with Crippen molar-refractivity contribution in [3.05, 3.63) is 29.6 Å². The summed E-state index contributed by atoms with van der Waals surface area (Å²) in [5, 5.41) is 2.83. The summed E-state index contributed by atoms with van der Waals surface area (Å²) in [7, 11) is 0. The van der Waals surface area contributed by atoms with Crippen molar-refractivity contribution >= 4 is 11.6 Å². The second-order valence-electron chi connectivity index (χ2n) is 3.36. The molecule has 0 amide bonds. The summed E-state index contributed by atoms with van der Waals surface area (Å²) in [6.07, 6.45) is 0.935. The van der Waals surface area contributed by atoms with E-state index in [-0.39, 0.29) is 5.82 Å². The van der Waals surface area contributed by atoms with Crippen molar-refractivity contribution in [2.75, 3.05) is 11.9 Å². The minimum absolute atomic E-state index is 0.247. The van der Waals surface area contributed by atoms with Crippen LogP contribution in [0, 0.1) is 12.7 Å². The van der Waals surface area contributed by atoms with E-state index in [1.807, 2.05) is 6.92 Å². The van der Waals surface area contributed by atoms with E-state index < -0.39 is 0 Å². The van der Waals surface area contributed by atoms with E-state index in [0.717, 1.165) is 6.42 Å². The molecule has 0 unspecified atom stereocenters. The topological polar surface area (TPSA) is 50.4 Å². The summed E-state index contributed by atoms with van der Waals surface area (Å²) >= 11 is 0. The van der Waals surface area contributed by atoms with Crippen LogP contribution in [0.15, 0.2) is 23.2 Å². The molecule has 0 heterocycles. The maximum absolute atomic E-state index is 13.2. The first-order chi connectivity index (χ1) is 7.13. The van der Waals surface area contributed by atoms with Crippen molar-refractivity contribution in [2.24, 2.45) is 10.7 Å². The molecule has 1 aromatic carbocycles. The normalized spacial score (nSPS) is 11.5. The lowest BCUT2D eigenvalue weighted by atomic mass is 10.2. The van der Waals surface area contributed by atoms with Crippen molar-refractivity contribution in [3.8, 4) is 0 Å². The maximum Gasteiger partial charge on any atom is 0.193 e. The Morgan fingerprint density at radius 3 is 2.87 bits per heavy atom. The SMILES string of the molecule is CCCN=C(N)Nc1ccc(C)c(F)c1. The van der Waals surface area contributed by atoms with Gasteiger partial charge in [0.25, 0.3) is 0 Å². The van der Waals surface area contributed by atoms with E-state index in [9.17, 15) is 4.39 Å². The summed E-state index contributed by atoms with van der Waals surface area (Å²) < 4.78 is 13.2. The second kappa shape index (κ2) is 5.34. The molecule has 0 aliphatic heterocycles. The zero-order chi connectivity index (χ0) is 11.3. The molecule has 0 bridgehead atoms. The van der Waals surface area contributed by atoms with Gasteiger partial charge in [-0.25, -0.2) is 4.39 Å². The van der Waals surface area contributed by atoms with Crippen LogP contribution >= 0.6 is 0 Å². The van der Waals surface area contributed by atoms with Gasteiger partial charge >= 0.3 is 0 Å². The van der Waals surface area contributed by atoms with Gasteiger partial charge in [0.2, 0.25) is 0 Å². The van der Waals surface area contributed by atoms with E-state index in [4.69, 9.17) is 5.73 Å². The molecule has 0 aliphatic rings. The van der Waals surface area contributed by atoms with Gasteiger partial charge in [-0.05, 0) is 31.0 Å². The van der Waals surface area contributed by atoms with Crippen molar-refractivity contribution in [1.82, 2.24) is 0 Å². The predicted molar refractivity (Wildman–Crippen MR) is 61.5 cm³/mol. The van der Waals surface area contributed by atoms with Crippen LogP contribution in [0.2, 0.25) is 0 Å². The van der Waals surface area contributed by atoms with E-state index >= 15 is 0 Å². The molecule has 0 atom stereocenters. The van der Waals surface area contributed by atoms with Gasteiger partial charge in [-0.3, -0.25) is 4.99 Å². The molecule has 0 fully saturated rings. The van der Waals surface area contributed by atoms with Gasteiger partial charge < -0.3 is 11.1 Å². The number of aryl methyl sites for hydroxylation is 1. The number of guanidine groups is 1. The van der Waals surface area contributed by atoms with Crippen LogP contribution in [-0.4, -0.2) is 12.5 Å². The summed E-state index contributed by atoms with van der Waals surface area (Å²) in [5.41, 5.74) is 6.83. The number of nitrogens with two attached hydrogens (primary N) is 1. The molecule has 15 heavy (non-hydrogen) atoms. The van der Waals surface area contributed by atoms with E-state index in [1.54, 1.807) is 19.1 Å². The highest BCUT2D eigenvalue weighted by atomic mass is 19.1. The quantitative estimate of drug-likeness (QED) is 0.592. The van der Waals surface area contributed by atoms with Crippen molar-refractivity contribution < 1.29 is 4.39 Å². The van der Waals surface area contributed by atoms with E-state index in [1.165, 1.54) is 6.07 Å². The van der Waals surface area contributed by atoms with Gasteiger partial charge in [0.15, 0.2) is 5.96 Å². The Balaban J connectivity index is 2.68. The Hall–Kier alpha value is -1.58. The van der Waals surface area contributed by atoms with Crippen LogP contribution in [0.25, 0.3) is 0 Å². The Morgan fingerprint density at radius 2 is 2.27 bits per heavy atom. The van der Waals surface area contributed by atoms with Gasteiger partial charge in [-0.1, -0.05) is 13.0 Å². The van der Waals surface area contributed by atoms with Crippen LogP contribution in [0.3, 0.4) is 0 Å². The van der Waals surface area contributed by atoms with Crippen molar-refractivity contribution in [2.45, 2.75) is 20.3 Å². The first-order valence-corrected chi connectivity index (χ1v) is 4.96. The molecule has 1 rings (SSSR count). The van der Waals surface area contributed by atoms with Gasteiger partial charge in [0.05, 0.1) is 0 Å². The lowest BCUT2D eigenvalue weighted by Crippen LogP contribution is -2.22. The van der Waals surface area contributed by atoms with Crippen molar-refractivity contribution in [1.29, 1.82) is 0 Å². The van der Waals surface area contributed by atoms with E-state index in [2.05, 4.69) is 10.3 Å². The fraction of sp³-hybridized carbons (Fsp3) is 0.364. The zero-order valence-corrected chi connectivity index (χ0v) is 9.05. The molecular formula is C11H16FN3. The maximum atomic E-state index is 13.2. The van der Waals surface area contributed by atoms with Gasteiger partial charge in [0, 0.05) is 12.2 Å². The van der Waals surface area contributed by atoms with Crippen LogP contribution in [0.1, 0.15) is 18.9 Å². The number of nitrogens with zero attached hydrogens (tertiary/aromatic N) is 1. The van der Waals surface area contributed by atoms with Crippen molar-refractivity contribution in [3.63, 3.8) is 0 Å². The third-order valence-electron chi connectivity index (χ3n) is 1.95. The Labute approximate surface area is 89.2 Å². The zero-order valence-electron chi connectivity index (χ0n) is 9.05. The van der Waals surface area contributed by atoms with Gasteiger partial charge in [-0.2, -0.15) is 0 Å². The third-order valence-corrected chi connectivity index (χ3v) is 1.95. The lowest BCUT2D eigenvalue weighted by molar-refractivity contribution is 0.619. The number of rotatable bonds is 3. The van der Waals surface area contributed by atoms with E-state index in [0.29, 0.717) is 23.8 Å². The largest absolute Gasteiger partial charge is 0.370 e. The Bertz CT molecular complexity index is 361. The molecular weight excluding hydrogens is 193 g/mol. The Kier molecular flexibility index (Phi) is 4.09. The van der Waals surface area contributed by atoms with Gasteiger partial charge in [-0.15, -0.1) is 0 Å². The molecule has 0 aromatic heterocycles. The molecule has 0 radical (unpaired) electrons. The molecule has 0 spiro atoms. The second-order valence-corrected chi connectivity index (χ2v) is 3.36. The fourth-order valence-electron chi connectivity index (χ4n) is 1.09. The van der Waals surface area contributed by atoms with Gasteiger partial charge in [0.1, 0.15) is 5.82 Å². The molecule has 1 aromatic rings. The average molecular weight is 209 g/mol. The smallest absolute Gasteiger partial charge is 0.193 e. The monoisotopic (exact) mass is 209 g/mol. The third kappa shape index (κ3) is 3.58. The lowest BCUT2D eigenvalue weighted by Gasteiger charge is -2.06. The minimum atomic E-state index is -0.247.